The van der Waals surface area contributed by atoms with Gasteiger partial charge in [0.2, 0.25) is 12.7 Å². The summed E-state index contributed by atoms with van der Waals surface area (Å²) < 4.78 is 22.2. The molecule has 164 valence electrons. The molecule has 32 heavy (non-hydrogen) atoms. The summed E-state index contributed by atoms with van der Waals surface area (Å²) in [6, 6.07) is 20.9. The van der Waals surface area contributed by atoms with E-state index in [0.29, 0.717) is 36.2 Å². The third kappa shape index (κ3) is 5.57. The molecule has 0 aromatic heterocycles. The standard InChI is InChI=1S/C25H24N2O5/c1-2-29-23-13-20(9-11-21(23)30-16-18-6-4-3-5-7-18)15-26-27-25(28)14-19-8-10-22-24(12-19)32-17-31-22/h3-13,15H,2,14,16-17H2,1H3,(H,27,28)/b26-15-. The van der Waals surface area contributed by atoms with E-state index in [1.165, 1.54) is 0 Å². The first kappa shape index (κ1) is 21.2. The molecule has 0 saturated heterocycles. The number of carbonyl (C=O) groups excluding carboxylic acids is 1. The van der Waals surface area contributed by atoms with Crippen LogP contribution in [0.15, 0.2) is 71.8 Å². The van der Waals surface area contributed by atoms with Crippen LogP contribution in [0.1, 0.15) is 23.6 Å². The third-order valence-corrected chi connectivity index (χ3v) is 4.71. The van der Waals surface area contributed by atoms with Crippen molar-refractivity contribution >= 4 is 12.1 Å². The molecule has 0 radical (unpaired) electrons. The molecule has 0 bridgehead atoms. The summed E-state index contributed by atoms with van der Waals surface area (Å²) in [5.74, 6) is 2.39. The summed E-state index contributed by atoms with van der Waals surface area (Å²) in [6.45, 7) is 3.08. The van der Waals surface area contributed by atoms with E-state index < -0.39 is 0 Å². The molecular weight excluding hydrogens is 408 g/mol. The van der Waals surface area contributed by atoms with Crippen molar-refractivity contribution < 1.29 is 23.7 Å². The maximum atomic E-state index is 12.2. The molecule has 7 heteroatoms. The van der Waals surface area contributed by atoms with Crippen molar-refractivity contribution in [3.8, 4) is 23.0 Å². The van der Waals surface area contributed by atoms with E-state index in [2.05, 4.69) is 10.5 Å². The Balaban J connectivity index is 1.34. The number of nitrogens with zero attached hydrogens (tertiary/aromatic N) is 1. The van der Waals surface area contributed by atoms with Crippen LogP contribution in [0.3, 0.4) is 0 Å². The lowest BCUT2D eigenvalue weighted by Gasteiger charge is -2.12. The lowest BCUT2D eigenvalue weighted by atomic mass is 10.1. The van der Waals surface area contributed by atoms with Crippen molar-refractivity contribution in [2.45, 2.75) is 20.0 Å². The van der Waals surface area contributed by atoms with Gasteiger partial charge in [-0.3, -0.25) is 4.79 Å². The lowest BCUT2D eigenvalue weighted by Crippen LogP contribution is -2.19. The van der Waals surface area contributed by atoms with E-state index in [1.54, 1.807) is 18.3 Å². The zero-order valence-corrected chi connectivity index (χ0v) is 17.7. The Morgan fingerprint density at radius 1 is 0.969 bits per heavy atom. The Bertz CT molecular complexity index is 1100. The van der Waals surface area contributed by atoms with Crippen LogP contribution < -0.4 is 24.4 Å². The number of ether oxygens (including phenoxy) is 4. The molecular formula is C25H24N2O5. The Labute approximate surface area is 186 Å². The molecule has 0 saturated carbocycles. The van der Waals surface area contributed by atoms with Crippen molar-refractivity contribution in [1.82, 2.24) is 5.43 Å². The van der Waals surface area contributed by atoms with Gasteiger partial charge in [-0.25, -0.2) is 5.43 Å². The van der Waals surface area contributed by atoms with Gasteiger partial charge in [-0.2, -0.15) is 5.10 Å². The van der Waals surface area contributed by atoms with Gasteiger partial charge in [-0.05, 0) is 53.9 Å². The average Bonchev–Trinajstić information content (AvgIpc) is 3.27. The van der Waals surface area contributed by atoms with E-state index in [9.17, 15) is 4.79 Å². The number of hydrogen-bond acceptors (Lipinski definition) is 6. The van der Waals surface area contributed by atoms with E-state index in [-0.39, 0.29) is 19.1 Å². The van der Waals surface area contributed by atoms with Gasteiger partial charge in [0.1, 0.15) is 6.61 Å². The lowest BCUT2D eigenvalue weighted by molar-refractivity contribution is -0.120. The molecule has 1 aliphatic rings. The largest absolute Gasteiger partial charge is 0.490 e. The number of benzene rings is 3. The molecule has 7 nitrogen and oxygen atoms in total. The van der Waals surface area contributed by atoms with Crippen molar-refractivity contribution in [2.75, 3.05) is 13.4 Å². The average molecular weight is 432 g/mol. The predicted octanol–water partition coefficient (Wildman–Crippen LogP) is 4.09. The van der Waals surface area contributed by atoms with Gasteiger partial charge in [0.25, 0.3) is 0 Å². The van der Waals surface area contributed by atoms with Crippen molar-refractivity contribution in [2.24, 2.45) is 5.10 Å². The number of fused-ring (bicyclic) bond motifs is 1. The molecule has 0 fully saturated rings. The zero-order valence-electron chi connectivity index (χ0n) is 17.7. The minimum absolute atomic E-state index is 0.185. The Kier molecular flexibility index (Phi) is 6.87. The second-order valence-electron chi connectivity index (χ2n) is 7.07. The molecule has 0 aliphatic carbocycles. The van der Waals surface area contributed by atoms with E-state index in [4.69, 9.17) is 18.9 Å². The molecule has 1 aliphatic heterocycles. The Morgan fingerprint density at radius 2 is 1.81 bits per heavy atom. The molecule has 3 aromatic carbocycles. The monoisotopic (exact) mass is 432 g/mol. The van der Waals surface area contributed by atoms with Crippen LogP contribution in [0.2, 0.25) is 0 Å². The zero-order chi connectivity index (χ0) is 22.2. The van der Waals surface area contributed by atoms with Crippen molar-refractivity contribution in [1.29, 1.82) is 0 Å². The third-order valence-electron chi connectivity index (χ3n) is 4.71. The second-order valence-corrected chi connectivity index (χ2v) is 7.07. The van der Waals surface area contributed by atoms with Gasteiger partial charge in [0, 0.05) is 0 Å². The maximum Gasteiger partial charge on any atom is 0.244 e. The summed E-state index contributed by atoms with van der Waals surface area (Å²) in [7, 11) is 0. The number of carbonyl (C=O) groups is 1. The molecule has 3 aromatic rings. The van der Waals surface area contributed by atoms with Crippen molar-refractivity contribution in [3.05, 3.63) is 83.4 Å². The second kappa shape index (κ2) is 10.3. The first-order valence-corrected chi connectivity index (χ1v) is 10.4. The molecule has 0 unspecified atom stereocenters. The van der Waals surface area contributed by atoms with E-state index >= 15 is 0 Å². The number of rotatable bonds is 9. The van der Waals surface area contributed by atoms with Gasteiger partial charge < -0.3 is 18.9 Å². The summed E-state index contributed by atoms with van der Waals surface area (Å²) in [5, 5.41) is 4.06. The number of hydrazone groups is 1. The van der Waals surface area contributed by atoms with Crippen LogP contribution in [0, 0.1) is 0 Å². The van der Waals surface area contributed by atoms with Crippen LogP contribution in [0.4, 0.5) is 0 Å². The normalized spacial score (nSPS) is 12.0. The van der Waals surface area contributed by atoms with Crippen LogP contribution in [0.25, 0.3) is 0 Å². The van der Waals surface area contributed by atoms with Gasteiger partial charge in [0.05, 0.1) is 19.2 Å². The van der Waals surface area contributed by atoms with Crippen LogP contribution in [-0.2, 0) is 17.8 Å². The molecule has 4 rings (SSSR count). The highest BCUT2D eigenvalue weighted by molar-refractivity contribution is 5.84. The van der Waals surface area contributed by atoms with Gasteiger partial charge >= 0.3 is 0 Å². The smallest absolute Gasteiger partial charge is 0.244 e. The highest BCUT2D eigenvalue weighted by Crippen LogP contribution is 2.32. The van der Waals surface area contributed by atoms with Gasteiger partial charge in [0.15, 0.2) is 23.0 Å². The fourth-order valence-corrected chi connectivity index (χ4v) is 3.18. The summed E-state index contributed by atoms with van der Waals surface area (Å²) in [5.41, 5.74) is 5.22. The molecule has 1 N–H and O–H groups in total. The van der Waals surface area contributed by atoms with Crippen molar-refractivity contribution in [3.63, 3.8) is 0 Å². The summed E-state index contributed by atoms with van der Waals surface area (Å²) in [6.07, 6.45) is 1.76. The number of nitrogens with one attached hydrogen (secondary N) is 1. The highest BCUT2D eigenvalue weighted by Gasteiger charge is 2.14. The molecule has 1 amide bonds. The quantitative estimate of drug-likeness (QED) is 0.407. The number of amides is 1. The maximum absolute atomic E-state index is 12.2. The van der Waals surface area contributed by atoms with Crippen LogP contribution in [-0.4, -0.2) is 25.5 Å². The fraction of sp³-hybridized carbons (Fsp3) is 0.200. The van der Waals surface area contributed by atoms with Crippen LogP contribution in [0.5, 0.6) is 23.0 Å². The SMILES string of the molecule is CCOc1cc(/C=N\NC(=O)Cc2ccc3c(c2)OCO3)ccc1OCc1ccccc1. The minimum Gasteiger partial charge on any atom is -0.490 e. The van der Waals surface area contributed by atoms with E-state index in [1.807, 2.05) is 61.5 Å². The topological polar surface area (TPSA) is 78.4 Å². The van der Waals surface area contributed by atoms with E-state index in [0.717, 1.165) is 16.7 Å². The molecule has 0 spiro atoms. The first-order chi connectivity index (χ1) is 15.7. The van der Waals surface area contributed by atoms with Crippen LogP contribution >= 0.6 is 0 Å². The molecule has 0 atom stereocenters. The molecule has 1 heterocycles. The van der Waals surface area contributed by atoms with Gasteiger partial charge in [-0.1, -0.05) is 36.4 Å². The number of hydrogen-bond donors (Lipinski definition) is 1. The first-order valence-electron chi connectivity index (χ1n) is 10.4. The minimum atomic E-state index is -0.229. The van der Waals surface area contributed by atoms with Gasteiger partial charge in [-0.15, -0.1) is 0 Å². The summed E-state index contributed by atoms with van der Waals surface area (Å²) >= 11 is 0. The Morgan fingerprint density at radius 3 is 2.66 bits per heavy atom. The predicted molar refractivity (Wildman–Crippen MR) is 120 cm³/mol. The summed E-state index contributed by atoms with van der Waals surface area (Å²) in [4.78, 5) is 12.2. The Hall–Kier alpha value is -4.00. The fourth-order valence-electron chi connectivity index (χ4n) is 3.18. The highest BCUT2D eigenvalue weighted by atomic mass is 16.7.